The van der Waals surface area contributed by atoms with Gasteiger partial charge in [0.15, 0.2) is 0 Å². The highest BCUT2D eigenvalue weighted by atomic mass is 16.4. The van der Waals surface area contributed by atoms with E-state index in [1.54, 1.807) is 0 Å². The van der Waals surface area contributed by atoms with Crippen molar-refractivity contribution in [3.63, 3.8) is 0 Å². The van der Waals surface area contributed by atoms with E-state index >= 15 is 0 Å². The first-order valence-corrected chi connectivity index (χ1v) is 6.11. The molecule has 18 heavy (non-hydrogen) atoms. The molecule has 0 unspecified atom stereocenters. The lowest BCUT2D eigenvalue weighted by atomic mass is 9.88. The molecule has 0 saturated heterocycles. The highest BCUT2D eigenvalue weighted by Crippen LogP contribution is 2.26. The first-order chi connectivity index (χ1) is 8.47. The molecule has 1 aromatic rings. The molecule has 0 bridgehead atoms. The summed E-state index contributed by atoms with van der Waals surface area (Å²) in [5.74, 6) is -2.35. The average Bonchev–Trinajstić information content (AvgIpc) is 2.35. The molecule has 0 aliphatic heterocycles. The molecule has 4 nitrogen and oxygen atoms in total. The lowest BCUT2D eigenvalue weighted by molar-refractivity contribution is 0.0650. The summed E-state index contributed by atoms with van der Waals surface area (Å²) in [6, 6.07) is 1.50. The van der Waals surface area contributed by atoms with E-state index in [0.29, 0.717) is 24.8 Å². The van der Waals surface area contributed by atoms with Gasteiger partial charge in [0.2, 0.25) is 0 Å². The molecule has 1 rings (SSSR count). The summed E-state index contributed by atoms with van der Waals surface area (Å²) in [6.07, 6.45) is 1.95. The zero-order valence-corrected chi connectivity index (χ0v) is 10.9. The average molecular weight is 250 g/mol. The summed E-state index contributed by atoms with van der Waals surface area (Å²) in [4.78, 5) is 22.5. The molecule has 0 heterocycles. The zero-order valence-electron chi connectivity index (χ0n) is 10.9. The highest BCUT2D eigenvalue weighted by Gasteiger charge is 2.23. The summed E-state index contributed by atoms with van der Waals surface area (Å²) in [5, 5.41) is 18.4. The van der Waals surface area contributed by atoms with Gasteiger partial charge in [-0.15, -0.1) is 0 Å². The van der Waals surface area contributed by atoms with Gasteiger partial charge in [-0.2, -0.15) is 0 Å². The quantitative estimate of drug-likeness (QED) is 0.842. The Morgan fingerprint density at radius 1 is 0.944 bits per heavy atom. The van der Waals surface area contributed by atoms with Gasteiger partial charge in [-0.05, 0) is 42.0 Å². The smallest absolute Gasteiger partial charge is 0.336 e. The van der Waals surface area contributed by atoms with Crippen LogP contribution < -0.4 is 0 Å². The Balaban J connectivity index is 3.74. The third kappa shape index (κ3) is 2.37. The molecule has 4 heteroatoms. The molecule has 0 amide bonds. The van der Waals surface area contributed by atoms with Crippen molar-refractivity contribution in [2.24, 2.45) is 0 Å². The van der Waals surface area contributed by atoms with E-state index in [9.17, 15) is 14.7 Å². The van der Waals surface area contributed by atoms with Crippen molar-refractivity contribution in [2.75, 3.05) is 0 Å². The Morgan fingerprint density at radius 2 is 1.50 bits per heavy atom. The van der Waals surface area contributed by atoms with Crippen LogP contribution in [0, 0.1) is 0 Å². The third-order valence-corrected chi connectivity index (χ3v) is 3.17. The van der Waals surface area contributed by atoms with E-state index in [0.717, 1.165) is 11.1 Å². The number of aryl methyl sites for hydroxylation is 1. The first kappa shape index (κ1) is 14.2. The number of benzene rings is 1. The van der Waals surface area contributed by atoms with Gasteiger partial charge in [0, 0.05) is 0 Å². The molecule has 0 aliphatic rings. The SMILES string of the molecule is CCc1cc(C(=O)O)c(C(=O)O)c(CC)c1CC. The number of carbonyl (C=O) groups is 2. The van der Waals surface area contributed by atoms with Crippen LogP contribution in [0.2, 0.25) is 0 Å². The van der Waals surface area contributed by atoms with E-state index in [-0.39, 0.29) is 11.1 Å². The summed E-state index contributed by atoms with van der Waals surface area (Å²) in [7, 11) is 0. The molecular formula is C14H18O4. The Bertz CT molecular complexity index is 489. The maximum atomic E-state index is 11.3. The minimum Gasteiger partial charge on any atom is -0.478 e. The molecule has 0 saturated carbocycles. The summed E-state index contributed by atoms with van der Waals surface area (Å²) in [5.41, 5.74) is 2.40. The maximum absolute atomic E-state index is 11.3. The van der Waals surface area contributed by atoms with Gasteiger partial charge < -0.3 is 10.2 Å². The Hall–Kier alpha value is -1.84. The van der Waals surface area contributed by atoms with Crippen LogP contribution in [-0.4, -0.2) is 22.2 Å². The molecule has 0 radical (unpaired) electrons. The molecule has 1 aromatic carbocycles. The predicted octanol–water partition coefficient (Wildman–Crippen LogP) is 2.77. The molecule has 0 atom stereocenters. The van der Waals surface area contributed by atoms with Gasteiger partial charge in [-0.1, -0.05) is 20.8 Å². The normalized spacial score (nSPS) is 10.4. The van der Waals surface area contributed by atoms with Crippen LogP contribution in [0.3, 0.4) is 0 Å². The van der Waals surface area contributed by atoms with E-state index in [4.69, 9.17) is 5.11 Å². The van der Waals surface area contributed by atoms with Crippen LogP contribution in [-0.2, 0) is 19.3 Å². The minimum atomic E-state index is -1.18. The van der Waals surface area contributed by atoms with Crippen molar-refractivity contribution in [3.05, 3.63) is 33.9 Å². The fourth-order valence-electron chi connectivity index (χ4n) is 2.40. The Kier molecular flexibility index (Phi) is 4.48. The Morgan fingerprint density at radius 3 is 1.83 bits per heavy atom. The zero-order chi connectivity index (χ0) is 13.9. The van der Waals surface area contributed by atoms with Crippen LogP contribution >= 0.6 is 0 Å². The van der Waals surface area contributed by atoms with Gasteiger partial charge in [0.1, 0.15) is 0 Å². The number of hydrogen-bond donors (Lipinski definition) is 2. The van der Waals surface area contributed by atoms with Crippen LogP contribution in [0.1, 0.15) is 58.2 Å². The lowest BCUT2D eigenvalue weighted by Crippen LogP contribution is -2.15. The molecule has 0 fully saturated rings. The lowest BCUT2D eigenvalue weighted by Gasteiger charge is -2.16. The largest absolute Gasteiger partial charge is 0.478 e. The van der Waals surface area contributed by atoms with Crippen LogP contribution in [0.4, 0.5) is 0 Å². The number of carboxylic acid groups (broad SMARTS) is 2. The minimum absolute atomic E-state index is 0.0564. The number of rotatable bonds is 5. The molecule has 0 aliphatic carbocycles. The van der Waals surface area contributed by atoms with Crippen molar-refractivity contribution in [2.45, 2.75) is 40.0 Å². The van der Waals surface area contributed by atoms with Crippen LogP contribution in [0.25, 0.3) is 0 Å². The van der Waals surface area contributed by atoms with Crippen molar-refractivity contribution < 1.29 is 19.8 Å². The van der Waals surface area contributed by atoms with Gasteiger partial charge in [-0.25, -0.2) is 9.59 Å². The van der Waals surface area contributed by atoms with E-state index in [2.05, 4.69) is 0 Å². The second kappa shape index (κ2) is 5.67. The van der Waals surface area contributed by atoms with E-state index in [1.807, 2.05) is 20.8 Å². The van der Waals surface area contributed by atoms with Crippen LogP contribution in [0.5, 0.6) is 0 Å². The van der Waals surface area contributed by atoms with Gasteiger partial charge in [0.25, 0.3) is 0 Å². The van der Waals surface area contributed by atoms with Gasteiger partial charge in [-0.3, -0.25) is 0 Å². The number of aromatic carboxylic acids is 2. The monoisotopic (exact) mass is 250 g/mol. The summed E-state index contributed by atoms with van der Waals surface area (Å²) >= 11 is 0. The van der Waals surface area contributed by atoms with Crippen molar-refractivity contribution in [1.82, 2.24) is 0 Å². The predicted molar refractivity (Wildman–Crippen MR) is 68.5 cm³/mol. The molecule has 98 valence electrons. The third-order valence-electron chi connectivity index (χ3n) is 3.17. The van der Waals surface area contributed by atoms with Crippen molar-refractivity contribution in [1.29, 1.82) is 0 Å². The molecule has 2 N–H and O–H groups in total. The fourth-order valence-corrected chi connectivity index (χ4v) is 2.40. The van der Waals surface area contributed by atoms with E-state index in [1.165, 1.54) is 6.07 Å². The number of carboxylic acids is 2. The van der Waals surface area contributed by atoms with Crippen molar-refractivity contribution in [3.8, 4) is 0 Å². The van der Waals surface area contributed by atoms with Gasteiger partial charge in [0.05, 0.1) is 11.1 Å². The number of hydrogen-bond acceptors (Lipinski definition) is 2. The van der Waals surface area contributed by atoms with Crippen molar-refractivity contribution >= 4 is 11.9 Å². The highest BCUT2D eigenvalue weighted by molar-refractivity contribution is 6.03. The molecular weight excluding hydrogens is 232 g/mol. The topological polar surface area (TPSA) is 74.6 Å². The van der Waals surface area contributed by atoms with Crippen LogP contribution in [0.15, 0.2) is 6.07 Å². The second-order valence-corrected chi connectivity index (χ2v) is 4.09. The molecule has 0 aromatic heterocycles. The standard InChI is InChI=1S/C14H18O4/c1-4-8-7-11(13(15)16)12(14(17)18)10(6-3)9(8)5-2/h7H,4-6H2,1-3H3,(H,15,16)(H,17,18). The summed E-state index contributed by atoms with van der Waals surface area (Å²) < 4.78 is 0. The fraction of sp³-hybridized carbons (Fsp3) is 0.429. The second-order valence-electron chi connectivity index (χ2n) is 4.09. The summed E-state index contributed by atoms with van der Waals surface area (Å²) in [6.45, 7) is 5.76. The molecule has 0 spiro atoms. The first-order valence-electron chi connectivity index (χ1n) is 6.11. The van der Waals surface area contributed by atoms with Gasteiger partial charge >= 0.3 is 11.9 Å². The van der Waals surface area contributed by atoms with E-state index < -0.39 is 11.9 Å². The maximum Gasteiger partial charge on any atom is 0.336 e. The Labute approximate surface area is 106 Å².